The number of rotatable bonds is 6. The van der Waals surface area contributed by atoms with E-state index in [1.165, 1.54) is 18.4 Å². The summed E-state index contributed by atoms with van der Waals surface area (Å²) in [5.41, 5.74) is 1.28. The molecule has 0 amide bonds. The maximum absolute atomic E-state index is 4.33. The Morgan fingerprint density at radius 2 is 2.29 bits per heavy atom. The van der Waals surface area contributed by atoms with Crippen molar-refractivity contribution >= 4 is 0 Å². The molecule has 0 fully saturated rings. The van der Waals surface area contributed by atoms with Gasteiger partial charge in [-0.3, -0.25) is 4.68 Å². The molecule has 0 aliphatic carbocycles. The van der Waals surface area contributed by atoms with E-state index in [2.05, 4.69) is 37.4 Å². The van der Waals surface area contributed by atoms with Gasteiger partial charge >= 0.3 is 0 Å². The molecule has 14 heavy (non-hydrogen) atoms. The first-order valence-electron chi connectivity index (χ1n) is 5.53. The van der Waals surface area contributed by atoms with E-state index in [1.807, 2.05) is 10.9 Å². The minimum Gasteiger partial charge on any atom is -0.310 e. The maximum atomic E-state index is 4.33. The van der Waals surface area contributed by atoms with Gasteiger partial charge in [0.1, 0.15) is 0 Å². The van der Waals surface area contributed by atoms with Crippen LogP contribution in [0.4, 0.5) is 0 Å². The first-order valence-corrected chi connectivity index (χ1v) is 5.53. The molecule has 0 bridgehead atoms. The average Bonchev–Trinajstić information content (AvgIpc) is 2.63. The highest BCUT2D eigenvalue weighted by atomic mass is 15.3. The van der Waals surface area contributed by atoms with Crippen LogP contribution in [0.25, 0.3) is 0 Å². The molecular formula is C11H21N3. The van der Waals surface area contributed by atoms with Crippen LogP contribution in [0.2, 0.25) is 0 Å². The number of nitrogens with zero attached hydrogens (tertiary/aromatic N) is 2. The highest BCUT2D eigenvalue weighted by Gasteiger charge is 2.05. The second kappa shape index (κ2) is 5.81. The van der Waals surface area contributed by atoms with Crippen LogP contribution in [0.3, 0.4) is 0 Å². The zero-order valence-electron chi connectivity index (χ0n) is 9.45. The van der Waals surface area contributed by atoms with Crippen LogP contribution in [0.5, 0.6) is 0 Å². The molecule has 0 aliphatic heterocycles. The van der Waals surface area contributed by atoms with Gasteiger partial charge in [-0.05, 0) is 19.9 Å². The Labute approximate surface area is 86.5 Å². The second-order valence-corrected chi connectivity index (χ2v) is 3.67. The van der Waals surface area contributed by atoms with Crippen molar-refractivity contribution in [3.63, 3.8) is 0 Å². The maximum Gasteiger partial charge on any atom is 0.0537 e. The van der Waals surface area contributed by atoms with Crippen molar-refractivity contribution < 1.29 is 0 Å². The van der Waals surface area contributed by atoms with E-state index in [0.717, 1.165) is 13.1 Å². The van der Waals surface area contributed by atoms with Gasteiger partial charge in [-0.15, -0.1) is 0 Å². The Balaban J connectivity index is 2.49. The van der Waals surface area contributed by atoms with Gasteiger partial charge in [0.2, 0.25) is 0 Å². The van der Waals surface area contributed by atoms with Gasteiger partial charge in [-0.2, -0.15) is 5.10 Å². The Hall–Kier alpha value is -0.830. The van der Waals surface area contributed by atoms with Crippen molar-refractivity contribution in [2.45, 2.75) is 46.2 Å². The molecule has 1 atom stereocenters. The lowest BCUT2D eigenvalue weighted by Gasteiger charge is -2.08. The van der Waals surface area contributed by atoms with Gasteiger partial charge < -0.3 is 5.32 Å². The van der Waals surface area contributed by atoms with Gasteiger partial charge in [0.25, 0.3) is 0 Å². The normalized spacial score (nSPS) is 13.1. The van der Waals surface area contributed by atoms with Crippen molar-refractivity contribution in [1.82, 2.24) is 15.1 Å². The zero-order valence-corrected chi connectivity index (χ0v) is 9.45. The van der Waals surface area contributed by atoms with Gasteiger partial charge in [0, 0.05) is 24.3 Å². The lowest BCUT2D eigenvalue weighted by Crippen LogP contribution is -2.17. The van der Waals surface area contributed by atoms with Crippen LogP contribution < -0.4 is 5.32 Å². The van der Waals surface area contributed by atoms with E-state index < -0.39 is 0 Å². The number of nitrogens with one attached hydrogen (secondary N) is 1. The zero-order chi connectivity index (χ0) is 10.4. The van der Waals surface area contributed by atoms with E-state index in [-0.39, 0.29) is 0 Å². The Morgan fingerprint density at radius 3 is 2.93 bits per heavy atom. The molecule has 1 rings (SSSR count). The standard InChI is InChI=1S/C11H21N3/c1-4-6-7-14-9-11(8-13-14)10(3)12-5-2/h8-10,12H,4-7H2,1-3H3. The van der Waals surface area contributed by atoms with Crippen LogP contribution in [-0.2, 0) is 6.54 Å². The summed E-state index contributed by atoms with van der Waals surface area (Å²) in [7, 11) is 0. The highest BCUT2D eigenvalue weighted by molar-refractivity contribution is 5.08. The van der Waals surface area contributed by atoms with Crippen LogP contribution in [-0.4, -0.2) is 16.3 Å². The number of hydrogen-bond acceptors (Lipinski definition) is 2. The first kappa shape index (κ1) is 11.2. The molecule has 0 saturated heterocycles. The minimum absolute atomic E-state index is 0.412. The molecule has 1 heterocycles. The smallest absolute Gasteiger partial charge is 0.0537 e. The molecule has 0 saturated carbocycles. The molecule has 0 spiro atoms. The molecule has 0 aliphatic rings. The average molecular weight is 195 g/mol. The van der Waals surface area contributed by atoms with Crippen LogP contribution in [0.1, 0.15) is 45.2 Å². The predicted octanol–water partition coefficient (Wildman–Crippen LogP) is 2.35. The summed E-state index contributed by atoms with van der Waals surface area (Å²) in [6.07, 6.45) is 6.53. The van der Waals surface area contributed by atoms with E-state index in [0.29, 0.717) is 6.04 Å². The summed E-state index contributed by atoms with van der Waals surface area (Å²) < 4.78 is 2.03. The summed E-state index contributed by atoms with van der Waals surface area (Å²) in [5, 5.41) is 7.71. The number of aromatic nitrogens is 2. The van der Waals surface area contributed by atoms with Crippen molar-refractivity contribution in [2.75, 3.05) is 6.54 Å². The highest BCUT2D eigenvalue weighted by Crippen LogP contribution is 2.10. The SMILES string of the molecule is CCCCn1cc(C(C)NCC)cn1. The summed E-state index contributed by atoms with van der Waals surface area (Å²) >= 11 is 0. The molecule has 3 nitrogen and oxygen atoms in total. The molecule has 3 heteroatoms. The number of aryl methyl sites for hydroxylation is 1. The summed E-state index contributed by atoms with van der Waals surface area (Å²) in [6.45, 7) is 8.53. The van der Waals surface area contributed by atoms with E-state index >= 15 is 0 Å². The Morgan fingerprint density at radius 1 is 1.50 bits per heavy atom. The van der Waals surface area contributed by atoms with Gasteiger partial charge in [0.15, 0.2) is 0 Å². The summed E-state index contributed by atoms with van der Waals surface area (Å²) in [4.78, 5) is 0. The molecule has 1 aromatic rings. The van der Waals surface area contributed by atoms with Gasteiger partial charge in [-0.1, -0.05) is 20.3 Å². The quantitative estimate of drug-likeness (QED) is 0.755. The number of hydrogen-bond donors (Lipinski definition) is 1. The van der Waals surface area contributed by atoms with Crippen LogP contribution in [0, 0.1) is 0 Å². The summed E-state index contributed by atoms with van der Waals surface area (Å²) in [6, 6.07) is 0.412. The van der Waals surface area contributed by atoms with Gasteiger partial charge in [0.05, 0.1) is 6.20 Å². The van der Waals surface area contributed by atoms with Crippen molar-refractivity contribution in [3.05, 3.63) is 18.0 Å². The molecule has 0 radical (unpaired) electrons. The van der Waals surface area contributed by atoms with Crippen molar-refractivity contribution in [1.29, 1.82) is 0 Å². The molecule has 1 N–H and O–H groups in total. The van der Waals surface area contributed by atoms with E-state index in [4.69, 9.17) is 0 Å². The predicted molar refractivity (Wildman–Crippen MR) is 59.2 cm³/mol. The van der Waals surface area contributed by atoms with Crippen LogP contribution in [0.15, 0.2) is 12.4 Å². The first-order chi connectivity index (χ1) is 6.77. The fraction of sp³-hybridized carbons (Fsp3) is 0.727. The van der Waals surface area contributed by atoms with Gasteiger partial charge in [-0.25, -0.2) is 0 Å². The lowest BCUT2D eigenvalue weighted by molar-refractivity contribution is 0.566. The van der Waals surface area contributed by atoms with E-state index in [9.17, 15) is 0 Å². The Kier molecular flexibility index (Phi) is 4.66. The molecule has 1 unspecified atom stereocenters. The van der Waals surface area contributed by atoms with Crippen LogP contribution >= 0.6 is 0 Å². The summed E-state index contributed by atoms with van der Waals surface area (Å²) in [5.74, 6) is 0. The van der Waals surface area contributed by atoms with Crippen molar-refractivity contribution in [2.24, 2.45) is 0 Å². The Bertz CT molecular complexity index is 255. The topological polar surface area (TPSA) is 29.9 Å². The number of unbranched alkanes of at least 4 members (excludes halogenated alkanes) is 1. The third-order valence-corrected chi connectivity index (χ3v) is 2.40. The third kappa shape index (κ3) is 3.14. The van der Waals surface area contributed by atoms with E-state index in [1.54, 1.807) is 0 Å². The largest absolute Gasteiger partial charge is 0.310 e. The molecule has 0 aromatic carbocycles. The fourth-order valence-electron chi connectivity index (χ4n) is 1.47. The molecular weight excluding hydrogens is 174 g/mol. The lowest BCUT2D eigenvalue weighted by atomic mass is 10.2. The molecule has 1 aromatic heterocycles. The second-order valence-electron chi connectivity index (χ2n) is 3.67. The monoisotopic (exact) mass is 195 g/mol. The third-order valence-electron chi connectivity index (χ3n) is 2.40. The minimum atomic E-state index is 0.412. The van der Waals surface area contributed by atoms with Crippen molar-refractivity contribution in [3.8, 4) is 0 Å². The fourth-order valence-corrected chi connectivity index (χ4v) is 1.47. The molecule has 80 valence electrons.